The lowest BCUT2D eigenvalue weighted by Gasteiger charge is -2.37. The Labute approximate surface area is 138 Å². The van der Waals surface area contributed by atoms with Crippen LogP contribution in [-0.4, -0.2) is 47.8 Å². The van der Waals surface area contributed by atoms with Crippen molar-refractivity contribution in [3.8, 4) is 6.07 Å². The Morgan fingerprint density at radius 1 is 1.39 bits per heavy atom. The molecule has 1 unspecified atom stereocenters. The summed E-state index contributed by atoms with van der Waals surface area (Å²) in [5, 5.41) is 15.8. The van der Waals surface area contributed by atoms with E-state index in [-0.39, 0.29) is 6.54 Å². The van der Waals surface area contributed by atoms with E-state index in [4.69, 9.17) is 10.3 Å². The SMILES string of the molecule is CC(C)(C)OC(=O)N(CC(C#N)NCCCN=[N+]=[N-])C(C)(C)C. The lowest BCUT2D eigenvalue weighted by atomic mass is 10.1. The molecule has 0 heterocycles. The quantitative estimate of drug-likeness (QED) is 0.335. The van der Waals surface area contributed by atoms with Crippen LogP contribution in [0.1, 0.15) is 48.0 Å². The Kier molecular flexibility index (Phi) is 8.44. The number of amides is 1. The molecule has 0 bridgehead atoms. The molecule has 0 saturated heterocycles. The molecule has 0 fully saturated rings. The highest BCUT2D eigenvalue weighted by Gasteiger charge is 2.32. The number of rotatable bonds is 7. The minimum absolute atomic E-state index is 0.219. The zero-order valence-electron chi connectivity index (χ0n) is 15.0. The summed E-state index contributed by atoms with van der Waals surface area (Å²) in [6.45, 7) is 12.2. The van der Waals surface area contributed by atoms with Gasteiger partial charge in [-0.3, -0.25) is 0 Å². The second-order valence-corrected chi connectivity index (χ2v) is 7.21. The molecule has 8 heteroatoms. The van der Waals surface area contributed by atoms with Gasteiger partial charge in [0.15, 0.2) is 0 Å². The number of hydrogen-bond donors (Lipinski definition) is 1. The van der Waals surface area contributed by atoms with Crippen LogP contribution in [0.2, 0.25) is 0 Å². The third-order valence-electron chi connectivity index (χ3n) is 2.83. The van der Waals surface area contributed by atoms with Crippen molar-refractivity contribution in [2.75, 3.05) is 19.6 Å². The lowest BCUT2D eigenvalue weighted by Crippen LogP contribution is -2.53. The van der Waals surface area contributed by atoms with Crippen molar-refractivity contribution >= 4 is 6.09 Å². The summed E-state index contributed by atoms with van der Waals surface area (Å²) in [5.74, 6) is 0. The maximum atomic E-state index is 12.4. The van der Waals surface area contributed by atoms with Gasteiger partial charge in [0.25, 0.3) is 0 Å². The number of nitriles is 1. The van der Waals surface area contributed by atoms with E-state index < -0.39 is 23.3 Å². The summed E-state index contributed by atoms with van der Waals surface area (Å²) < 4.78 is 5.42. The van der Waals surface area contributed by atoms with E-state index >= 15 is 0 Å². The molecule has 1 N–H and O–H groups in total. The van der Waals surface area contributed by atoms with Crippen LogP contribution < -0.4 is 5.32 Å². The van der Waals surface area contributed by atoms with Crippen LogP contribution in [0.25, 0.3) is 10.4 Å². The fourth-order valence-electron chi connectivity index (χ4n) is 1.74. The van der Waals surface area contributed by atoms with E-state index in [1.165, 1.54) is 0 Å². The number of nitrogens with zero attached hydrogens (tertiary/aromatic N) is 5. The van der Waals surface area contributed by atoms with E-state index in [0.29, 0.717) is 19.5 Å². The maximum absolute atomic E-state index is 12.4. The fraction of sp³-hybridized carbons (Fsp3) is 0.867. The fourth-order valence-corrected chi connectivity index (χ4v) is 1.74. The number of ether oxygens (including phenoxy) is 1. The predicted octanol–water partition coefficient (Wildman–Crippen LogP) is 3.20. The standard InChI is InChI=1S/C15H28N6O2/c1-14(2,3)21(13(22)23-15(4,5)6)11-12(10-16)18-8-7-9-19-20-17/h12,18H,7-9,11H2,1-6H3. The van der Waals surface area contributed by atoms with Gasteiger partial charge in [0.2, 0.25) is 0 Å². The third-order valence-corrected chi connectivity index (χ3v) is 2.83. The van der Waals surface area contributed by atoms with E-state index in [2.05, 4.69) is 21.4 Å². The van der Waals surface area contributed by atoms with Crippen LogP contribution in [0.4, 0.5) is 4.79 Å². The third kappa shape index (κ3) is 9.61. The van der Waals surface area contributed by atoms with Gasteiger partial charge in [-0.05, 0) is 60.0 Å². The highest BCUT2D eigenvalue weighted by atomic mass is 16.6. The molecule has 0 aromatic rings. The van der Waals surface area contributed by atoms with E-state index in [9.17, 15) is 10.1 Å². The first-order valence-corrected chi connectivity index (χ1v) is 7.65. The Morgan fingerprint density at radius 3 is 2.43 bits per heavy atom. The van der Waals surface area contributed by atoms with Crippen LogP contribution in [0, 0.1) is 11.3 Å². The number of hydrogen-bond acceptors (Lipinski definition) is 5. The summed E-state index contributed by atoms with van der Waals surface area (Å²) in [6, 6.07) is 1.63. The minimum atomic E-state index is -0.592. The molecule has 0 aromatic carbocycles. The Hall–Kier alpha value is -1.97. The van der Waals surface area contributed by atoms with Crippen molar-refractivity contribution in [3.63, 3.8) is 0 Å². The summed E-state index contributed by atoms with van der Waals surface area (Å²) in [6.07, 6.45) is 0.186. The van der Waals surface area contributed by atoms with Gasteiger partial charge in [0, 0.05) is 17.0 Å². The number of nitrogens with one attached hydrogen (secondary N) is 1. The minimum Gasteiger partial charge on any atom is -0.444 e. The summed E-state index contributed by atoms with van der Waals surface area (Å²) in [5.41, 5.74) is 7.15. The zero-order chi connectivity index (χ0) is 18.1. The van der Waals surface area contributed by atoms with Crippen molar-refractivity contribution in [1.29, 1.82) is 5.26 Å². The van der Waals surface area contributed by atoms with E-state index in [0.717, 1.165) is 0 Å². The van der Waals surface area contributed by atoms with Crippen molar-refractivity contribution < 1.29 is 9.53 Å². The molecule has 130 valence electrons. The first kappa shape index (κ1) is 21.0. The first-order chi connectivity index (χ1) is 10.5. The smallest absolute Gasteiger partial charge is 0.410 e. The summed E-state index contributed by atoms with van der Waals surface area (Å²) in [4.78, 5) is 16.6. The Morgan fingerprint density at radius 2 is 2.00 bits per heavy atom. The second-order valence-electron chi connectivity index (χ2n) is 7.21. The lowest BCUT2D eigenvalue weighted by molar-refractivity contribution is 0.00509. The van der Waals surface area contributed by atoms with E-state index in [1.807, 2.05) is 41.5 Å². The van der Waals surface area contributed by atoms with Gasteiger partial charge in [-0.25, -0.2) is 4.79 Å². The van der Waals surface area contributed by atoms with Crippen LogP contribution in [0.5, 0.6) is 0 Å². The second kappa shape index (κ2) is 9.23. The van der Waals surface area contributed by atoms with Gasteiger partial charge in [-0.2, -0.15) is 5.26 Å². The molecule has 1 amide bonds. The molecule has 0 aliphatic heterocycles. The molecule has 1 atom stereocenters. The average Bonchev–Trinajstić information content (AvgIpc) is 2.38. The molecule has 23 heavy (non-hydrogen) atoms. The number of azide groups is 1. The van der Waals surface area contributed by atoms with Crippen LogP contribution in [-0.2, 0) is 4.74 Å². The molecule has 8 nitrogen and oxygen atoms in total. The van der Waals surface area contributed by atoms with Crippen molar-refractivity contribution in [2.45, 2.75) is 65.1 Å². The highest BCUT2D eigenvalue weighted by molar-refractivity contribution is 5.69. The average molecular weight is 324 g/mol. The molecule has 0 rings (SSSR count). The number of carbonyl (C=O) groups excluding carboxylic acids is 1. The molecule has 0 aliphatic carbocycles. The van der Waals surface area contributed by atoms with Crippen LogP contribution >= 0.6 is 0 Å². The van der Waals surface area contributed by atoms with Gasteiger partial charge in [-0.1, -0.05) is 5.11 Å². The monoisotopic (exact) mass is 324 g/mol. The number of carbonyl (C=O) groups is 1. The predicted molar refractivity (Wildman–Crippen MR) is 88.7 cm³/mol. The van der Waals surface area contributed by atoms with Gasteiger partial charge in [-0.15, -0.1) is 0 Å². The van der Waals surface area contributed by atoms with Crippen LogP contribution in [0.15, 0.2) is 5.11 Å². The van der Waals surface area contributed by atoms with Gasteiger partial charge in [0.1, 0.15) is 11.6 Å². The maximum Gasteiger partial charge on any atom is 0.410 e. The van der Waals surface area contributed by atoms with E-state index in [1.54, 1.807) is 4.90 Å². The van der Waals surface area contributed by atoms with Crippen molar-refractivity contribution in [2.24, 2.45) is 5.11 Å². The van der Waals surface area contributed by atoms with Gasteiger partial charge in [0.05, 0.1) is 12.6 Å². The molecular formula is C15H28N6O2. The highest BCUT2D eigenvalue weighted by Crippen LogP contribution is 2.18. The Bertz CT molecular complexity index is 466. The van der Waals surface area contributed by atoms with Gasteiger partial charge >= 0.3 is 6.09 Å². The summed E-state index contributed by atoms with van der Waals surface area (Å²) in [7, 11) is 0. The molecular weight excluding hydrogens is 296 g/mol. The first-order valence-electron chi connectivity index (χ1n) is 7.65. The van der Waals surface area contributed by atoms with Crippen molar-refractivity contribution in [1.82, 2.24) is 10.2 Å². The normalized spacial score (nSPS) is 12.7. The largest absolute Gasteiger partial charge is 0.444 e. The Balaban J connectivity index is 4.77. The molecule has 0 saturated carbocycles. The summed E-state index contributed by atoms with van der Waals surface area (Å²) >= 11 is 0. The molecule has 0 spiro atoms. The topological polar surface area (TPSA) is 114 Å². The molecule has 0 aliphatic rings. The van der Waals surface area contributed by atoms with Crippen LogP contribution in [0.3, 0.4) is 0 Å². The molecule has 0 radical (unpaired) electrons. The van der Waals surface area contributed by atoms with Gasteiger partial charge < -0.3 is 15.0 Å². The zero-order valence-corrected chi connectivity index (χ0v) is 15.0. The molecule has 0 aromatic heterocycles. The van der Waals surface area contributed by atoms with Crippen molar-refractivity contribution in [3.05, 3.63) is 10.4 Å².